The molecule has 0 radical (unpaired) electrons. The lowest BCUT2D eigenvalue weighted by molar-refractivity contribution is -0.139. The monoisotopic (exact) mass is 579 g/mol. The van der Waals surface area contributed by atoms with Gasteiger partial charge < -0.3 is 14.6 Å². The SMILES string of the molecule is CCOc1cc(C=Nn2c([C@H](C)CC)nc3ccc(Br)cc3c2=O)c(Br)cc1OCC(=O)O. The van der Waals surface area contributed by atoms with Gasteiger partial charge in [-0.25, -0.2) is 9.78 Å². The Hall–Kier alpha value is -2.72. The molecular formula is C23H23Br2N3O5. The van der Waals surface area contributed by atoms with E-state index in [4.69, 9.17) is 19.6 Å². The van der Waals surface area contributed by atoms with Gasteiger partial charge in [-0.1, -0.05) is 29.8 Å². The van der Waals surface area contributed by atoms with Crippen molar-refractivity contribution in [1.82, 2.24) is 9.66 Å². The van der Waals surface area contributed by atoms with Crippen molar-refractivity contribution in [2.45, 2.75) is 33.1 Å². The van der Waals surface area contributed by atoms with E-state index in [0.29, 0.717) is 39.1 Å². The second-order valence-corrected chi connectivity index (χ2v) is 9.01. The third-order valence-electron chi connectivity index (χ3n) is 4.91. The Morgan fingerprint density at radius 2 is 1.94 bits per heavy atom. The lowest BCUT2D eigenvalue weighted by Crippen LogP contribution is -2.23. The van der Waals surface area contributed by atoms with Gasteiger partial charge in [0.15, 0.2) is 18.1 Å². The highest BCUT2D eigenvalue weighted by atomic mass is 79.9. The van der Waals surface area contributed by atoms with E-state index < -0.39 is 12.6 Å². The molecule has 0 saturated heterocycles. The maximum Gasteiger partial charge on any atom is 0.341 e. The molecule has 0 aliphatic rings. The highest BCUT2D eigenvalue weighted by Crippen LogP contribution is 2.33. The standard InChI is InChI=1S/C23H23Br2N3O5/c1-4-13(3)22-27-18-7-6-15(24)9-16(18)23(31)28(22)26-11-14-8-19(32-5-2)20(10-17(14)25)33-12-21(29)30/h6-11,13H,4-5,12H2,1-3H3,(H,29,30)/t13-/m1/s1. The van der Waals surface area contributed by atoms with Crippen LogP contribution in [0.2, 0.25) is 0 Å². The van der Waals surface area contributed by atoms with Gasteiger partial charge in [-0.2, -0.15) is 9.78 Å². The number of carboxylic acid groups (broad SMARTS) is 1. The maximum absolute atomic E-state index is 13.3. The lowest BCUT2D eigenvalue weighted by atomic mass is 10.1. The van der Waals surface area contributed by atoms with Gasteiger partial charge in [0.2, 0.25) is 0 Å². The molecule has 1 aromatic heterocycles. The van der Waals surface area contributed by atoms with E-state index in [1.807, 2.05) is 32.9 Å². The first kappa shape index (κ1) is 24.9. The minimum absolute atomic E-state index is 0.0112. The van der Waals surface area contributed by atoms with Gasteiger partial charge in [-0.05, 0) is 59.6 Å². The van der Waals surface area contributed by atoms with Gasteiger partial charge in [0, 0.05) is 20.4 Å². The first-order chi connectivity index (χ1) is 15.7. The van der Waals surface area contributed by atoms with E-state index in [1.54, 1.807) is 18.2 Å². The van der Waals surface area contributed by atoms with E-state index in [0.717, 1.165) is 10.9 Å². The van der Waals surface area contributed by atoms with Crippen LogP contribution in [0.15, 0.2) is 49.2 Å². The number of benzene rings is 2. The topological polar surface area (TPSA) is 103 Å². The van der Waals surface area contributed by atoms with E-state index in [-0.39, 0.29) is 17.2 Å². The van der Waals surface area contributed by atoms with Crippen molar-refractivity contribution in [3.8, 4) is 11.5 Å². The van der Waals surface area contributed by atoms with Crippen LogP contribution in [-0.2, 0) is 4.79 Å². The molecule has 174 valence electrons. The Kier molecular flexibility index (Phi) is 8.25. The van der Waals surface area contributed by atoms with Crippen LogP contribution in [0.25, 0.3) is 10.9 Å². The van der Waals surface area contributed by atoms with Crippen LogP contribution < -0.4 is 15.0 Å². The first-order valence-electron chi connectivity index (χ1n) is 10.3. The van der Waals surface area contributed by atoms with Crippen molar-refractivity contribution >= 4 is 54.9 Å². The third kappa shape index (κ3) is 5.80. The van der Waals surface area contributed by atoms with E-state index >= 15 is 0 Å². The largest absolute Gasteiger partial charge is 0.490 e. The van der Waals surface area contributed by atoms with Crippen molar-refractivity contribution in [2.24, 2.45) is 5.10 Å². The summed E-state index contributed by atoms with van der Waals surface area (Å²) in [6.45, 7) is 5.70. The smallest absolute Gasteiger partial charge is 0.341 e. The van der Waals surface area contributed by atoms with Gasteiger partial charge in [0.1, 0.15) is 5.82 Å². The number of hydrogen-bond acceptors (Lipinski definition) is 6. The Labute approximate surface area is 207 Å². The molecule has 0 spiro atoms. The van der Waals surface area contributed by atoms with Crippen LogP contribution in [0.1, 0.15) is 44.5 Å². The zero-order valence-corrected chi connectivity index (χ0v) is 21.5. The van der Waals surface area contributed by atoms with Crippen LogP contribution in [0.4, 0.5) is 0 Å². The molecule has 1 N–H and O–H groups in total. The highest BCUT2D eigenvalue weighted by molar-refractivity contribution is 9.10. The number of aliphatic carboxylic acids is 1. The summed E-state index contributed by atoms with van der Waals surface area (Å²) < 4.78 is 13.6. The molecule has 1 heterocycles. The summed E-state index contributed by atoms with van der Waals surface area (Å²) in [6.07, 6.45) is 2.32. The predicted molar refractivity (Wildman–Crippen MR) is 134 cm³/mol. The number of carbonyl (C=O) groups is 1. The molecule has 0 saturated carbocycles. The normalized spacial score (nSPS) is 12.3. The fourth-order valence-electron chi connectivity index (χ4n) is 3.07. The molecule has 0 fully saturated rings. The number of halogens is 2. The number of fused-ring (bicyclic) bond motifs is 1. The summed E-state index contributed by atoms with van der Waals surface area (Å²) in [5.74, 6) is 0.149. The van der Waals surface area contributed by atoms with Gasteiger partial charge in [-0.15, -0.1) is 0 Å². The van der Waals surface area contributed by atoms with Gasteiger partial charge >= 0.3 is 5.97 Å². The summed E-state index contributed by atoms with van der Waals surface area (Å²) in [6, 6.07) is 8.68. The zero-order chi connectivity index (χ0) is 24.1. The molecule has 0 unspecified atom stereocenters. The first-order valence-corrected chi connectivity index (χ1v) is 11.9. The van der Waals surface area contributed by atoms with Gasteiger partial charge in [0.25, 0.3) is 5.56 Å². The second kappa shape index (κ2) is 10.9. The molecule has 2 aromatic carbocycles. The summed E-state index contributed by atoms with van der Waals surface area (Å²) in [5.41, 5.74) is 0.970. The number of aromatic nitrogens is 2. The number of nitrogens with zero attached hydrogens (tertiary/aromatic N) is 3. The molecule has 0 amide bonds. The van der Waals surface area contributed by atoms with Crippen LogP contribution in [0.5, 0.6) is 11.5 Å². The van der Waals surface area contributed by atoms with E-state index in [9.17, 15) is 9.59 Å². The van der Waals surface area contributed by atoms with Crippen LogP contribution in [0.3, 0.4) is 0 Å². The van der Waals surface area contributed by atoms with Crippen molar-refractivity contribution in [3.63, 3.8) is 0 Å². The molecule has 3 rings (SSSR count). The number of ether oxygens (including phenoxy) is 2. The fourth-order valence-corrected chi connectivity index (χ4v) is 3.86. The Morgan fingerprint density at radius 3 is 2.61 bits per heavy atom. The Balaban J connectivity index is 2.11. The van der Waals surface area contributed by atoms with Crippen molar-refractivity contribution in [1.29, 1.82) is 0 Å². The van der Waals surface area contributed by atoms with E-state index in [1.165, 1.54) is 10.9 Å². The molecule has 8 nitrogen and oxygen atoms in total. The number of carboxylic acids is 1. The van der Waals surface area contributed by atoms with Crippen molar-refractivity contribution < 1.29 is 19.4 Å². The fraction of sp³-hybridized carbons (Fsp3) is 0.304. The maximum atomic E-state index is 13.3. The number of rotatable bonds is 9. The van der Waals surface area contributed by atoms with Crippen LogP contribution >= 0.6 is 31.9 Å². The summed E-state index contributed by atoms with van der Waals surface area (Å²) in [5, 5.41) is 13.8. The highest BCUT2D eigenvalue weighted by Gasteiger charge is 2.16. The Morgan fingerprint density at radius 1 is 1.21 bits per heavy atom. The summed E-state index contributed by atoms with van der Waals surface area (Å²) >= 11 is 6.86. The average Bonchev–Trinajstić information content (AvgIpc) is 2.78. The molecule has 0 aliphatic carbocycles. The average molecular weight is 581 g/mol. The third-order valence-corrected chi connectivity index (χ3v) is 6.09. The minimum Gasteiger partial charge on any atom is -0.490 e. The molecule has 33 heavy (non-hydrogen) atoms. The second-order valence-electron chi connectivity index (χ2n) is 7.24. The predicted octanol–water partition coefficient (Wildman–Crippen LogP) is 5.18. The van der Waals surface area contributed by atoms with E-state index in [2.05, 4.69) is 37.0 Å². The van der Waals surface area contributed by atoms with Crippen molar-refractivity contribution in [2.75, 3.05) is 13.2 Å². The lowest BCUT2D eigenvalue weighted by Gasteiger charge is -2.15. The van der Waals surface area contributed by atoms with Gasteiger partial charge in [0.05, 0.1) is 23.7 Å². The molecular weight excluding hydrogens is 558 g/mol. The van der Waals surface area contributed by atoms with Crippen molar-refractivity contribution in [3.05, 3.63) is 61.0 Å². The minimum atomic E-state index is -1.09. The molecule has 1 atom stereocenters. The molecule has 0 bridgehead atoms. The van der Waals surface area contributed by atoms with Gasteiger partial charge in [-0.3, -0.25) is 4.79 Å². The molecule has 10 heteroatoms. The van der Waals surface area contributed by atoms with Crippen LogP contribution in [-0.4, -0.2) is 40.2 Å². The molecule has 3 aromatic rings. The summed E-state index contributed by atoms with van der Waals surface area (Å²) in [7, 11) is 0. The molecule has 0 aliphatic heterocycles. The Bertz CT molecular complexity index is 1270. The summed E-state index contributed by atoms with van der Waals surface area (Å²) in [4.78, 5) is 28.8. The zero-order valence-electron chi connectivity index (χ0n) is 18.3. The number of hydrogen-bond donors (Lipinski definition) is 1. The quantitative estimate of drug-likeness (QED) is 0.350. The van der Waals surface area contributed by atoms with Crippen LogP contribution in [0, 0.1) is 0 Å².